The standard InChI is InChI=1S/C11H11ClO/c1-7(2)11(13)9-4-8(3)5-10(12)6-9/h4-6H,1H2,2-3H3. The van der Waals surface area contributed by atoms with E-state index >= 15 is 0 Å². The fourth-order valence-corrected chi connectivity index (χ4v) is 1.40. The maximum absolute atomic E-state index is 11.5. The van der Waals surface area contributed by atoms with E-state index in [0.717, 1.165) is 5.56 Å². The van der Waals surface area contributed by atoms with Crippen molar-refractivity contribution < 1.29 is 4.79 Å². The van der Waals surface area contributed by atoms with Crippen molar-refractivity contribution in [2.24, 2.45) is 0 Å². The first kappa shape index (κ1) is 10.0. The summed E-state index contributed by atoms with van der Waals surface area (Å²) in [5.74, 6) is -0.0504. The molecule has 0 amide bonds. The van der Waals surface area contributed by atoms with Gasteiger partial charge in [-0.15, -0.1) is 0 Å². The van der Waals surface area contributed by atoms with Crippen molar-refractivity contribution >= 4 is 17.4 Å². The number of rotatable bonds is 2. The van der Waals surface area contributed by atoms with Crippen LogP contribution in [0.15, 0.2) is 30.4 Å². The molecule has 0 fully saturated rings. The summed E-state index contributed by atoms with van der Waals surface area (Å²) in [5, 5.41) is 0.588. The number of benzene rings is 1. The number of halogens is 1. The lowest BCUT2D eigenvalue weighted by Gasteiger charge is -2.02. The molecule has 0 N–H and O–H groups in total. The van der Waals surface area contributed by atoms with Gasteiger partial charge < -0.3 is 0 Å². The summed E-state index contributed by atoms with van der Waals surface area (Å²) < 4.78 is 0. The minimum absolute atomic E-state index is 0.0504. The topological polar surface area (TPSA) is 17.1 Å². The zero-order valence-electron chi connectivity index (χ0n) is 7.73. The third kappa shape index (κ3) is 2.43. The van der Waals surface area contributed by atoms with Gasteiger partial charge in [0.05, 0.1) is 0 Å². The number of allylic oxidation sites excluding steroid dienone is 1. The van der Waals surface area contributed by atoms with Crippen molar-refractivity contribution in [1.29, 1.82) is 0 Å². The van der Waals surface area contributed by atoms with Crippen LogP contribution in [0.1, 0.15) is 22.8 Å². The molecule has 0 spiro atoms. The Morgan fingerprint density at radius 2 is 2.00 bits per heavy atom. The van der Waals surface area contributed by atoms with Crippen molar-refractivity contribution in [3.63, 3.8) is 0 Å². The van der Waals surface area contributed by atoms with Crippen LogP contribution in [-0.4, -0.2) is 5.78 Å². The first-order chi connectivity index (χ1) is 6.00. The lowest BCUT2D eigenvalue weighted by molar-refractivity contribution is 0.103. The van der Waals surface area contributed by atoms with E-state index in [9.17, 15) is 4.79 Å². The molecule has 1 aromatic rings. The van der Waals surface area contributed by atoms with Gasteiger partial charge in [0, 0.05) is 10.6 Å². The predicted octanol–water partition coefficient (Wildman–Crippen LogP) is 3.41. The number of aryl methyl sites for hydroxylation is 1. The minimum atomic E-state index is -0.0504. The third-order valence-corrected chi connectivity index (χ3v) is 1.91. The summed E-state index contributed by atoms with van der Waals surface area (Å²) in [6, 6.07) is 5.28. The van der Waals surface area contributed by atoms with Crippen LogP contribution in [0.3, 0.4) is 0 Å². The highest BCUT2D eigenvalue weighted by Crippen LogP contribution is 2.16. The molecule has 0 aliphatic heterocycles. The lowest BCUT2D eigenvalue weighted by atomic mass is 10.0. The predicted molar refractivity (Wildman–Crippen MR) is 55.3 cm³/mol. The van der Waals surface area contributed by atoms with Gasteiger partial charge in [0.1, 0.15) is 0 Å². The third-order valence-electron chi connectivity index (χ3n) is 1.69. The summed E-state index contributed by atoms with van der Waals surface area (Å²) in [6.45, 7) is 7.20. The molecule has 13 heavy (non-hydrogen) atoms. The summed E-state index contributed by atoms with van der Waals surface area (Å²) in [6.07, 6.45) is 0. The molecule has 2 heteroatoms. The smallest absolute Gasteiger partial charge is 0.188 e. The van der Waals surface area contributed by atoms with Crippen molar-refractivity contribution in [2.75, 3.05) is 0 Å². The Kier molecular flexibility index (Phi) is 2.89. The maximum Gasteiger partial charge on any atom is 0.188 e. The monoisotopic (exact) mass is 194 g/mol. The largest absolute Gasteiger partial charge is 0.289 e. The number of hydrogen-bond donors (Lipinski definition) is 0. The molecule has 68 valence electrons. The van der Waals surface area contributed by atoms with E-state index < -0.39 is 0 Å². The molecular weight excluding hydrogens is 184 g/mol. The van der Waals surface area contributed by atoms with Gasteiger partial charge in [0.15, 0.2) is 5.78 Å². The van der Waals surface area contributed by atoms with Crippen molar-refractivity contribution in [3.8, 4) is 0 Å². The van der Waals surface area contributed by atoms with Crippen molar-refractivity contribution in [3.05, 3.63) is 46.5 Å². The molecule has 0 aromatic heterocycles. The van der Waals surface area contributed by atoms with Gasteiger partial charge in [0.25, 0.3) is 0 Å². The van der Waals surface area contributed by atoms with Gasteiger partial charge in [-0.3, -0.25) is 4.79 Å². The van der Waals surface area contributed by atoms with E-state index in [2.05, 4.69) is 6.58 Å². The number of carbonyl (C=O) groups excluding carboxylic acids is 1. The second-order valence-corrected chi connectivity index (χ2v) is 3.56. The van der Waals surface area contributed by atoms with E-state index in [0.29, 0.717) is 16.2 Å². The van der Waals surface area contributed by atoms with E-state index in [1.807, 2.05) is 19.1 Å². The van der Waals surface area contributed by atoms with Crippen LogP contribution >= 0.6 is 11.6 Å². The Morgan fingerprint density at radius 3 is 2.46 bits per heavy atom. The van der Waals surface area contributed by atoms with E-state index in [4.69, 9.17) is 11.6 Å². The normalized spacial score (nSPS) is 9.77. The summed E-state index contributed by atoms with van der Waals surface area (Å²) in [5.41, 5.74) is 2.12. The molecule has 1 rings (SSSR count). The minimum Gasteiger partial charge on any atom is -0.289 e. The van der Waals surface area contributed by atoms with Gasteiger partial charge in [-0.25, -0.2) is 0 Å². The highest BCUT2D eigenvalue weighted by atomic mass is 35.5. The zero-order chi connectivity index (χ0) is 10.0. The van der Waals surface area contributed by atoms with E-state index in [1.54, 1.807) is 13.0 Å². The molecular formula is C11H11ClO. The molecule has 0 atom stereocenters. The zero-order valence-corrected chi connectivity index (χ0v) is 8.48. The summed E-state index contributed by atoms with van der Waals surface area (Å²) >= 11 is 5.82. The molecule has 0 heterocycles. The molecule has 0 bridgehead atoms. The number of Topliss-reactive ketones (excluding diaryl/α,β-unsaturated/α-hetero) is 1. The first-order valence-corrected chi connectivity index (χ1v) is 4.36. The van der Waals surface area contributed by atoms with E-state index in [-0.39, 0.29) is 5.78 Å². The van der Waals surface area contributed by atoms with Gasteiger partial charge in [-0.1, -0.05) is 18.2 Å². The Hall–Kier alpha value is -1.08. The summed E-state index contributed by atoms with van der Waals surface area (Å²) in [4.78, 5) is 11.5. The number of carbonyl (C=O) groups is 1. The first-order valence-electron chi connectivity index (χ1n) is 3.98. The Morgan fingerprint density at radius 1 is 1.38 bits per heavy atom. The molecule has 0 saturated carbocycles. The molecule has 1 nitrogen and oxygen atoms in total. The Labute approximate surface area is 83.0 Å². The van der Waals surface area contributed by atoms with Gasteiger partial charge in [0.2, 0.25) is 0 Å². The van der Waals surface area contributed by atoms with Crippen LogP contribution in [-0.2, 0) is 0 Å². The van der Waals surface area contributed by atoms with Gasteiger partial charge in [-0.05, 0) is 43.2 Å². The Balaban J connectivity index is 3.15. The SMILES string of the molecule is C=C(C)C(=O)c1cc(C)cc(Cl)c1. The van der Waals surface area contributed by atoms with Crippen LogP contribution in [0.5, 0.6) is 0 Å². The number of hydrogen-bond acceptors (Lipinski definition) is 1. The second kappa shape index (κ2) is 3.75. The van der Waals surface area contributed by atoms with Crippen LogP contribution in [0.25, 0.3) is 0 Å². The fourth-order valence-electron chi connectivity index (χ4n) is 1.11. The fraction of sp³-hybridized carbons (Fsp3) is 0.182. The molecule has 0 aliphatic carbocycles. The highest BCUT2D eigenvalue weighted by Gasteiger charge is 2.07. The lowest BCUT2D eigenvalue weighted by Crippen LogP contribution is -1.99. The summed E-state index contributed by atoms with van der Waals surface area (Å²) in [7, 11) is 0. The molecule has 0 aliphatic rings. The van der Waals surface area contributed by atoms with Crippen LogP contribution < -0.4 is 0 Å². The van der Waals surface area contributed by atoms with Crippen molar-refractivity contribution in [2.45, 2.75) is 13.8 Å². The number of ketones is 1. The Bertz CT molecular complexity index is 346. The van der Waals surface area contributed by atoms with Crippen LogP contribution in [0.4, 0.5) is 0 Å². The van der Waals surface area contributed by atoms with Crippen LogP contribution in [0.2, 0.25) is 5.02 Å². The molecule has 1 aromatic carbocycles. The van der Waals surface area contributed by atoms with E-state index in [1.165, 1.54) is 0 Å². The van der Waals surface area contributed by atoms with Gasteiger partial charge >= 0.3 is 0 Å². The molecule has 0 radical (unpaired) electrons. The second-order valence-electron chi connectivity index (χ2n) is 3.13. The average molecular weight is 195 g/mol. The van der Waals surface area contributed by atoms with Crippen LogP contribution in [0, 0.1) is 6.92 Å². The van der Waals surface area contributed by atoms with Crippen molar-refractivity contribution in [1.82, 2.24) is 0 Å². The molecule has 0 saturated heterocycles. The van der Waals surface area contributed by atoms with Gasteiger partial charge in [-0.2, -0.15) is 0 Å². The molecule has 0 unspecified atom stereocenters. The average Bonchev–Trinajstić information content (AvgIpc) is 2.01. The maximum atomic E-state index is 11.5. The quantitative estimate of drug-likeness (QED) is 0.521. The highest BCUT2D eigenvalue weighted by molar-refractivity contribution is 6.31.